The smallest absolute Gasteiger partial charge is 0.0111 e. The fraction of sp³-hybridized carbons (Fsp3) is 1.00. The summed E-state index contributed by atoms with van der Waals surface area (Å²) in [6.45, 7) is 3.15. The van der Waals surface area contributed by atoms with Gasteiger partial charge >= 0.3 is 0 Å². The van der Waals surface area contributed by atoms with E-state index in [0.29, 0.717) is 0 Å². The largest absolute Gasteiger partial charge is 0.330 e. The summed E-state index contributed by atoms with van der Waals surface area (Å²) >= 11 is 0. The number of hydrogen-bond donors (Lipinski definition) is 3. The molecule has 1 aliphatic heterocycles. The van der Waals surface area contributed by atoms with Gasteiger partial charge in [-0.05, 0) is 57.7 Å². The van der Waals surface area contributed by atoms with Crippen LogP contribution in [0.4, 0.5) is 0 Å². The highest BCUT2D eigenvalue weighted by atomic mass is 15.0. The maximum atomic E-state index is 5.55. The van der Waals surface area contributed by atoms with E-state index in [0.717, 1.165) is 37.5 Å². The highest BCUT2D eigenvalue weighted by Gasteiger charge is 2.32. The van der Waals surface area contributed by atoms with Gasteiger partial charge in [0.2, 0.25) is 0 Å². The van der Waals surface area contributed by atoms with Crippen LogP contribution in [0.25, 0.3) is 0 Å². The van der Waals surface area contributed by atoms with Gasteiger partial charge in [-0.1, -0.05) is 12.8 Å². The van der Waals surface area contributed by atoms with Crippen molar-refractivity contribution in [3.63, 3.8) is 0 Å². The first kappa shape index (κ1) is 12.3. The minimum Gasteiger partial charge on any atom is -0.330 e. The lowest BCUT2D eigenvalue weighted by Gasteiger charge is -2.36. The first-order valence-electron chi connectivity index (χ1n) is 7.08. The van der Waals surface area contributed by atoms with Gasteiger partial charge in [-0.2, -0.15) is 0 Å². The van der Waals surface area contributed by atoms with Crippen LogP contribution in [-0.4, -0.2) is 31.7 Å². The third-order valence-electron chi connectivity index (χ3n) is 4.22. The molecule has 1 saturated carbocycles. The van der Waals surface area contributed by atoms with Crippen LogP contribution >= 0.6 is 0 Å². The Hall–Kier alpha value is -0.120. The summed E-state index contributed by atoms with van der Waals surface area (Å²) in [5.41, 5.74) is 5.55. The Kier molecular flexibility index (Phi) is 5.07. The third kappa shape index (κ3) is 3.19. The highest BCUT2D eigenvalue weighted by Crippen LogP contribution is 2.30. The van der Waals surface area contributed by atoms with Crippen molar-refractivity contribution in [1.82, 2.24) is 10.6 Å². The summed E-state index contributed by atoms with van der Waals surface area (Å²) in [6.07, 6.45) is 9.49. The van der Waals surface area contributed by atoms with Crippen LogP contribution in [0.1, 0.15) is 44.9 Å². The summed E-state index contributed by atoms with van der Waals surface area (Å²) in [4.78, 5) is 0. The van der Waals surface area contributed by atoms with Gasteiger partial charge in [0.15, 0.2) is 0 Å². The molecule has 1 saturated heterocycles. The molecule has 3 unspecified atom stereocenters. The Balaban J connectivity index is 1.81. The van der Waals surface area contributed by atoms with Crippen molar-refractivity contribution < 1.29 is 0 Å². The molecule has 3 nitrogen and oxygen atoms in total. The first-order chi connectivity index (χ1) is 7.92. The standard InChI is InChI=1S/C13H27N3/c14-8-4-10-16-12-6-2-1-5-11(12)13-7-3-9-15-13/h11-13,15-16H,1-10,14H2. The molecular formula is C13H27N3. The summed E-state index contributed by atoms with van der Waals surface area (Å²) in [7, 11) is 0. The van der Waals surface area contributed by atoms with E-state index < -0.39 is 0 Å². The van der Waals surface area contributed by atoms with Crippen LogP contribution in [0.3, 0.4) is 0 Å². The molecule has 0 radical (unpaired) electrons. The van der Waals surface area contributed by atoms with Crippen molar-refractivity contribution in [2.24, 2.45) is 11.7 Å². The van der Waals surface area contributed by atoms with Gasteiger partial charge in [-0.3, -0.25) is 0 Å². The molecule has 4 N–H and O–H groups in total. The number of hydrogen-bond acceptors (Lipinski definition) is 3. The normalized spacial score (nSPS) is 35.4. The number of nitrogens with one attached hydrogen (secondary N) is 2. The molecule has 2 rings (SSSR count). The van der Waals surface area contributed by atoms with E-state index in [4.69, 9.17) is 5.73 Å². The van der Waals surface area contributed by atoms with Crippen molar-refractivity contribution >= 4 is 0 Å². The lowest BCUT2D eigenvalue weighted by Crippen LogP contribution is -2.47. The van der Waals surface area contributed by atoms with E-state index in [1.54, 1.807) is 0 Å². The van der Waals surface area contributed by atoms with E-state index in [1.807, 2.05) is 0 Å². The molecule has 1 aliphatic carbocycles. The highest BCUT2D eigenvalue weighted by molar-refractivity contribution is 4.91. The fourth-order valence-corrected chi connectivity index (χ4v) is 3.36. The molecule has 3 heteroatoms. The third-order valence-corrected chi connectivity index (χ3v) is 4.22. The second kappa shape index (κ2) is 6.58. The Bertz CT molecular complexity index is 190. The van der Waals surface area contributed by atoms with Gasteiger partial charge in [0.25, 0.3) is 0 Å². The van der Waals surface area contributed by atoms with Crippen LogP contribution < -0.4 is 16.4 Å². The molecule has 0 amide bonds. The SMILES string of the molecule is NCCCNC1CCCCC1C1CCCN1. The van der Waals surface area contributed by atoms with Crippen molar-refractivity contribution in [3.8, 4) is 0 Å². The molecular weight excluding hydrogens is 198 g/mol. The van der Waals surface area contributed by atoms with Gasteiger partial charge in [0, 0.05) is 12.1 Å². The molecule has 2 fully saturated rings. The Morgan fingerprint density at radius 1 is 1.12 bits per heavy atom. The first-order valence-corrected chi connectivity index (χ1v) is 7.08. The molecule has 0 aromatic heterocycles. The van der Waals surface area contributed by atoms with Crippen molar-refractivity contribution in [1.29, 1.82) is 0 Å². The Labute approximate surface area is 99.5 Å². The van der Waals surface area contributed by atoms with Crippen molar-refractivity contribution in [3.05, 3.63) is 0 Å². The molecule has 0 spiro atoms. The summed E-state index contributed by atoms with van der Waals surface area (Å²) in [6, 6.07) is 1.53. The van der Waals surface area contributed by atoms with E-state index in [-0.39, 0.29) is 0 Å². The topological polar surface area (TPSA) is 50.1 Å². The average molecular weight is 225 g/mol. The van der Waals surface area contributed by atoms with Crippen LogP contribution in [0.2, 0.25) is 0 Å². The van der Waals surface area contributed by atoms with Gasteiger partial charge in [0.1, 0.15) is 0 Å². The van der Waals surface area contributed by atoms with Crippen molar-refractivity contribution in [2.75, 3.05) is 19.6 Å². The van der Waals surface area contributed by atoms with E-state index in [2.05, 4.69) is 10.6 Å². The zero-order chi connectivity index (χ0) is 11.2. The summed E-state index contributed by atoms with van der Waals surface area (Å²) in [5, 5.41) is 7.41. The maximum Gasteiger partial charge on any atom is 0.0111 e. The van der Waals surface area contributed by atoms with E-state index >= 15 is 0 Å². The predicted octanol–water partition coefficient (Wildman–Crippen LogP) is 1.24. The van der Waals surface area contributed by atoms with Crippen LogP contribution in [0, 0.1) is 5.92 Å². The molecule has 94 valence electrons. The van der Waals surface area contributed by atoms with Gasteiger partial charge in [0.05, 0.1) is 0 Å². The minimum absolute atomic E-state index is 0.746. The number of rotatable bonds is 5. The minimum atomic E-state index is 0.746. The number of nitrogens with two attached hydrogens (primary N) is 1. The lowest BCUT2D eigenvalue weighted by atomic mass is 9.79. The van der Waals surface area contributed by atoms with Gasteiger partial charge in [-0.25, -0.2) is 0 Å². The molecule has 1 heterocycles. The van der Waals surface area contributed by atoms with Crippen LogP contribution in [-0.2, 0) is 0 Å². The quantitative estimate of drug-likeness (QED) is 0.617. The molecule has 0 bridgehead atoms. The maximum absolute atomic E-state index is 5.55. The average Bonchev–Trinajstić information content (AvgIpc) is 2.83. The van der Waals surface area contributed by atoms with E-state index in [9.17, 15) is 0 Å². The van der Waals surface area contributed by atoms with E-state index in [1.165, 1.54) is 45.1 Å². The lowest BCUT2D eigenvalue weighted by molar-refractivity contribution is 0.215. The fourth-order valence-electron chi connectivity index (χ4n) is 3.36. The predicted molar refractivity (Wildman–Crippen MR) is 68.4 cm³/mol. The molecule has 3 atom stereocenters. The van der Waals surface area contributed by atoms with Crippen molar-refractivity contribution in [2.45, 2.75) is 57.0 Å². The Morgan fingerprint density at radius 3 is 2.75 bits per heavy atom. The zero-order valence-corrected chi connectivity index (χ0v) is 10.4. The van der Waals surface area contributed by atoms with Gasteiger partial charge in [-0.15, -0.1) is 0 Å². The summed E-state index contributed by atoms with van der Waals surface area (Å²) < 4.78 is 0. The second-order valence-electron chi connectivity index (χ2n) is 5.35. The van der Waals surface area contributed by atoms with Gasteiger partial charge < -0.3 is 16.4 Å². The summed E-state index contributed by atoms with van der Waals surface area (Å²) in [5.74, 6) is 0.869. The zero-order valence-electron chi connectivity index (χ0n) is 10.4. The molecule has 16 heavy (non-hydrogen) atoms. The second-order valence-corrected chi connectivity index (χ2v) is 5.35. The van der Waals surface area contributed by atoms with Crippen LogP contribution in [0.15, 0.2) is 0 Å². The monoisotopic (exact) mass is 225 g/mol. The van der Waals surface area contributed by atoms with Crippen LogP contribution in [0.5, 0.6) is 0 Å². The molecule has 0 aromatic carbocycles. The Morgan fingerprint density at radius 2 is 2.00 bits per heavy atom. The molecule has 2 aliphatic rings. The molecule has 0 aromatic rings.